The van der Waals surface area contributed by atoms with Gasteiger partial charge in [-0.2, -0.15) is 0 Å². The second kappa shape index (κ2) is 8.49. The van der Waals surface area contributed by atoms with E-state index in [0.717, 1.165) is 31.7 Å². The summed E-state index contributed by atoms with van der Waals surface area (Å²) in [5, 5.41) is 3.41. The maximum Gasteiger partial charge on any atom is 0.349 e. The van der Waals surface area contributed by atoms with E-state index in [4.69, 9.17) is 4.42 Å². The molecule has 0 atom stereocenters. The highest BCUT2D eigenvalue weighted by Crippen LogP contribution is 2.17. The number of nitrogens with zero attached hydrogens (tertiary/aromatic N) is 2. The Bertz CT molecular complexity index is 974. The van der Waals surface area contributed by atoms with E-state index in [0.29, 0.717) is 16.7 Å². The molecule has 0 fully saturated rings. The van der Waals surface area contributed by atoms with Gasteiger partial charge < -0.3 is 14.6 Å². The van der Waals surface area contributed by atoms with Gasteiger partial charge in [-0.1, -0.05) is 32.0 Å². The van der Waals surface area contributed by atoms with Crippen molar-refractivity contribution in [2.24, 2.45) is 0 Å². The fourth-order valence-corrected chi connectivity index (χ4v) is 2.95. The van der Waals surface area contributed by atoms with Gasteiger partial charge in [-0.15, -0.1) is 0 Å². The smallest absolute Gasteiger partial charge is 0.349 e. The molecule has 3 aromatic rings. The largest absolute Gasteiger partial charge is 0.422 e. The minimum atomic E-state index is -0.659. The Labute approximate surface area is 157 Å². The molecule has 0 aliphatic heterocycles. The van der Waals surface area contributed by atoms with Crippen molar-refractivity contribution in [1.82, 2.24) is 4.98 Å². The topological polar surface area (TPSA) is 75.4 Å². The standard InChI is InChI=1S/C21H23N3O3/c1-3-11-24(12-4-2)19-10-9-16(14-22-19)23-20(25)17-13-15-7-5-6-8-18(15)27-21(17)26/h5-10,13-14H,3-4,11-12H2,1-2H3,(H,23,25). The lowest BCUT2D eigenvalue weighted by Gasteiger charge is -2.22. The van der Waals surface area contributed by atoms with Gasteiger partial charge in [0.25, 0.3) is 5.91 Å². The van der Waals surface area contributed by atoms with E-state index < -0.39 is 11.5 Å². The number of para-hydroxylation sites is 1. The quantitative estimate of drug-likeness (QED) is 0.639. The van der Waals surface area contributed by atoms with E-state index in [9.17, 15) is 9.59 Å². The third kappa shape index (κ3) is 4.34. The van der Waals surface area contributed by atoms with Crippen LogP contribution in [0.25, 0.3) is 11.0 Å². The minimum absolute atomic E-state index is 0.0311. The average Bonchev–Trinajstić information content (AvgIpc) is 2.68. The summed E-state index contributed by atoms with van der Waals surface area (Å²) in [6.07, 6.45) is 3.68. The van der Waals surface area contributed by atoms with Crippen LogP contribution in [0.4, 0.5) is 11.5 Å². The number of hydrogen-bond donors (Lipinski definition) is 1. The Morgan fingerprint density at radius 3 is 2.52 bits per heavy atom. The van der Waals surface area contributed by atoms with E-state index in [1.165, 1.54) is 0 Å². The lowest BCUT2D eigenvalue weighted by molar-refractivity contribution is 0.102. The second-order valence-corrected chi connectivity index (χ2v) is 6.33. The first-order chi connectivity index (χ1) is 13.1. The van der Waals surface area contributed by atoms with Gasteiger partial charge in [0.1, 0.15) is 17.0 Å². The second-order valence-electron chi connectivity index (χ2n) is 6.33. The number of pyridine rings is 1. The van der Waals surface area contributed by atoms with Gasteiger partial charge in [0.15, 0.2) is 0 Å². The summed E-state index contributed by atoms with van der Waals surface area (Å²) >= 11 is 0. The molecule has 27 heavy (non-hydrogen) atoms. The molecule has 0 unspecified atom stereocenters. The predicted molar refractivity (Wildman–Crippen MR) is 107 cm³/mol. The number of benzene rings is 1. The Kier molecular flexibility index (Phi) is 5.86. The molecule has 2 aromatic heterocycles. The van der Waals surface area contributed by atoms with Gasteiger partial charge in [0.05, 0.1) is 11.9 Å². The highest BCUT2D eigenvalue weighted by atomic mass is 16.4. The first-order valence-corrected chi connectivity index (χ1v) is 9.17. The number of carbonyl (C=O) groups excluding carboxylic acids is 1. The van der Waals surface area contributed by atoms with Crippen LogP contribution in [0.5, 0.6) is 0 Å². The highest BCUT2D eigenvalue weighted by Gasteiger charge is 2.14. The number of aromatic nitrogens is 1. The summed E-state index contributed by atoms with van der Waals surface area (Å²) in [6, 6.07) is 12.3. The van der Waals surface area contributed by atoms with Gasteiger partial charge in [-0.05, 0) is 37.1 Å². The van der Waals surface area contributed by atoms with Crippen LogP contribution >= 0.6 is 0 Å². The molecule has 2 heterocycles. The predicted octanol–water partition coefficient (Wildman–Crippen LogP) is 4.07. The molecule has 1 aromatic carbocycles. The Morgan fingerprint density at radius 2 is 1.85 bits per heavy atom. The molecule has 140 valence electrons. The van der Waals surface area contributed by atoms with Crippen LogP contribution in [0.15, 0.2) is 57.9 Å². The maximum atomic E-state index is 12.5. The number of fused-ring (bicyclic) bond motifs is 1. The highest BCUT2D eigenvalue weighted by molar-refractivity contribution is 6.05. The van der Waals surface area contributed by atoms with Crippen LogP contribution in [0.1, 0.15) is 37.0 Å². The van der Waals surface area contributed by atoms with Crippen molar-refractivity contribution < 1.29 is 9.21 Å². The first-order valence-electron chi connectivity index (χ1n) is 9.17. The lowest BCUT2D eigenvalue weighted by Crippen LogP contribution is -2.26. The van der Waals surface area contributed by atoms with Crippen molar-refractivity contribution in [2.75, 3.05) is 23.3 Å². The molecule has 6 nitrogen and oxygen atoms in total. The van der Waals surface area contributed by atoms with E-state index >= 15 is 0 Å². The monoisotopic (exact) mass is 365 g/mol. The molecule has 0 aliphatic carbocycles. The lowest BCUT2D eigenvalue weighted by atomic mass is 10.2. The SMILES string of the molecule is CCCN(CCC)c1ccc(NC(=O)c2cc3ccccc3oc2=O)cn1. The van der Waals surface area contributed by atoms with E-state index in [-0.39, 0.29) is 5.56 Å². The van der Waals surface area contributed by atoms with Crippen molar-refractivity contribution in [2.45, 2.75) is 26.7 Å². The van der Waals surface area contributed by atoms with Gasteiger partial charge >= 0.3 is 5.63 Å². The van der Waals surface area contributed by atoms with Gasteiger partial charge in [0, 0.05) is 18.5 Å². The van der Waals surface area contributed by atoms with Crippen molar-refractivity contribution in [1.29, 1.82) is 0 Å². The molecule has 0 saturated carbocycles. The molecule has 3 rings (SSSR count). The Hall–Kier alpha value is -3.15. The summed E-state index contributed by atoms with van der Waals surface area (Å²) in [4.78, 5) is 31.3. The summed E-state index contributed by atoms with van der Waals surface area (Å²) in [5.74, 6) is 0.366. The molecule has 1 amide bonds. The third-order valence-electron chi connectivity index (χ3n) is 4.20. The fraction of sp³-hybridized carbons (Fsp3) is 0.286. The summed E-state index contributed by atoms with van der Waals surface area (Å²) in [6.45, 7) is 6.13. The van der Waals surface area contributed by atoms with Crippen LogP contribution in [0.2, 0.25) is 0 Å². The van der Waals surface area contributed by atoms with Crippen molar-refractivity contribution in [3.8, 4) is 0 Å². The molecule has 0 radical (unpaired) electrons. The van der Waals surface area contributed by atoms with Crippen LogP contribution in [0.3, 0.4) is 0 Å². The number of amides is 1. The van der Waals surface area contributed by atoms with Gasteiger partial charge in [0.2, 0.25) is 0 Å². The van der Waals surface area contributed by atoms with Crippen LogP contribution in [0, 0.1) is 0 Å². The van der Waals surface area contributed by atoms with Gasteiger partial charge in [-0.3, -0.25) is 4.79 Å². The van der Waals surface area contributed by atoms with Gasteiger partial charge in [-0.25, -0.2) is 9.78 Å². The molecule has 0 bridgehead atoms. The van der Waals surface area contributed by atoms with E-state index in [1.807, 2.05) is 12.1 Å². The zero-order valence-corrected chi connectivity index (χ0v) is 15.6. The minimum Gasteiger partial charge on any atom is -0.422 e. The summed E-state index contributed by atoms with van der Waals surface area (Å²) < 4.78 is 5.22. The summed E-state index contributed by atoms with van der Waals surface area (Å²) in [7, 11) is 0. The average molecular weight is 365 g/mol. The maximum absolute atomic E-state index is 12.5. The third-order valence-corrected chi connectivity index (χ3v) is 4.20. The zero-order chi connectivity index (χ0) is 19.2. The van der Waals surface area contributed by atoms with E-state index in [2.05, 4.69) is 29.0 Å². The number of anilines is 2. The van der Waals surface area contributed by atoms with Crippen LogP contribution in [-0.2, 0) is 0 Å². The van der Waals surface area contributed by atoms with Crippen molar-refractivity contribution in [3.05, 3.63) is 64.6 Å². The molecular weight excluding hydrogens is 342 g/mol. The first kappa shape index (κ1) is 18.6. The van der Waals surface area contributed by atoms with Crippen LogP contribution in [-0.4, -0.2) is 24.0 Å². The van der Waals surface area contributed by atoms with E-state index in [1.54, 1.807) is 36.5 Å². The molecular formula is C21H23N3O3. The number of carbonyl (C=O) groups is 1. The normalized spacial score (nSPS) is 10.7. The molecule has 1 N–H and O–H groups in total. The Morgan fingerprint density at radius 1 is 1.11 bits per heavy atom. The fourth-order valence-electron chi connectivity index (χ4n) is 2.95. The van der Waals surface area contributed by atoms with Crippen molar-refractivity contribution in [3.63, 3.8) is 0 Å². The number of rotatable bonds is 7. The zero-order valence-electron chi connectivity index (χ0n) is 15.6. The Balaban J connectivity index is 1.78. The number of hydrogen-bond acceptors (Lipinski definition) is 5. The molecule has 0 aliphatic rings. The summed E-state index contributed by atoms with van der Waals surface area (Å²) in [5.41, 5.74) is 0.297. The van der Waals surface area contributed by atoms with Crippen LogP contribution < -0.4 is 15.8 Å². The molecule has 0 saturated heterocycles. The number of nitrogens with one attached hydrogen (secondary N) is 1. The van der Waals surface area contributed by atoms with Crippen molar-refractivity contribution >= 4 is 28.4 Å². The molecule has 0 spiro atoms. The molecule has 6 heteroatoms.